The lowest BCUT2D eigenvalue weighted by atomic mass is 9.99. The molecule has 0 spiro atoms. The van der Waals surface area contributed by atoms with Crippen molar-refractivity contribution in [3.8, 4) is 0 Å². The number of piperidine rings is 1. The van der Waals surface area contributed by atoms with Crippen LogP contribution in [0.1, 0.15) is 43.7 Å². The Bertz CT molecular complexity index is 620. The van der Waals surface area contributed by atoms with Gasteiger partial charge in [-0.25, -0.2) is 0 Å². The summed E-state index contributed by atoms with van der Waals surface area (Å²) in [6, 6.07) is 8.41. The average molecular weight is 342 g/mol. The first-order valence-corrected chi connectivity index (χ1v) is 9.53. The van der Waals surface area contributed by atoms with E-state index in [9.17, 15) is 4.79 Å². The molecule has 1 amide bonds. The number of likely N-dealkylation sites (tertiary alicyclic amines) is 1. The molecule has 2 aliphatic rings. The minimum Gasteiger partial charge on any atom is -0.370 e. The number of nitrogens with two attached hydrogens (primary N) is 1. The van der Waals surface area contributed by atoms with Crippen LogP contribution in [0.3, 0.4) is 0 Å². The SMILES string of the molecule is CC1CCN(C(N)=NCCCC(=O)N2CCc3ccccc3C2)CC1. The Morgan fingerprint density at radius 1 is 1.16 bits per heavy atom. The van der Waals surface area contributed by atoms with Crippen molar-refractivity contribution in [2.24, 2.45) is 16.6 Å². The number of carbonyl (C=O) groups is 1. The molecule has 1 aromatic carbocycles. The van der Waals surface area contributed by atoms with Crippen LogP contribution in [0.5, 0.6) is 0 Å². The summed E-state index contributed by atoms with van der Waals surface area (Å²) in [6.45, 7) is 6.49. The van der Waals surface area contributed by atoms with Crippen LogP contribution in [0.4, 0.5) is 0 Å². The van der Waals surface area contributed by atoms with Crippen LogP contribution in [-0.4, -0.2) is 47.8 Å². The monoisotopic (exact) mass is 342 g/mol. The molecule has 2 aliphatic heterocycles. The predicted octanol–water partition coefficient (Wildman–Crippen LogP) is 2.40. The zero-order chi connectivity index (χ0) is 17.6. The maximum Gasteiger partial charge on any atom is 0.222 e. The molecule has 25 heavy (non-hydrogen) atoms. The van der Waals surface area contributed by atoms with E-state index in [0.29, 0.717) is 18.9 Å². The van der Waals surface area contributed by atoms with Crippen molar-refractivity contribution < 1.29 is 4.79 Å². The smallest absolute Gasteiger partial charge is 0.222 e. The Kier molecular flexibility index (Phi) is 5.95. The lowest BCUT2D eigenvalue weighted by Gasteiger charge is -2.31. The van der Waals surface area contributed by atoms with Gasteiger partial charge in [-0.2, -0.15) is 0 Å². The summed E-state index contributed by atoms with van der Waals surface area (Å²) in [6.07, 6.45) is 4.65. The van der Waals surface area contributed by atoms with E-state index in [2.05, 4.69) is 35.0 Å². The lowest BCUT2D eigenvalue weighted by Crippen LogP contribution is -2.42. The van der Waals surface area contributed by atoms with E-state index in [1.54, 1.807) is 0 Å². The van der Waals surface area contributed by atoms with Gasteiger partial charge in [0, 0.05) is 39.1 Å². The van der Waals surface area contributed by atoms with E-state index >= 15 is 0 Å². The van der Waals surface area contributed by atoms with E-state index in [1.807, 2.05) is 11.0 Å². The van der Waals surface area contributed by atoms with Crippen molar-refractivity contribution >= 4 is 11.9 Å². The first kappa shape index (κ1) is 17.8. The first-order valence-electron chi connectivity index (χ1n) is 9.53. The summed E-state index contributed by atoms with van der Waals surface area (Å²) in [5.74, 6) is 1.66. The highest BCUT2D eigenvalue weighted by Crippen LogP contribution is 2.19. The fraction of sp³-hybridized carbons (Fsp3) is 0.600. The molecule has 1 fully saturated rings. The zero-order valence-corrected chi connectivity index (χ0v) is 15.3. The predicted molar refractivity (Wildman–Crippen MR) is 101 cm³/mol. The zero-order valence-electron chi connectivity index (χ0n) is 15.3. The van der Waals surface area contributed by atoms with Crippen LogP contribution in [0.25, 0.3) is 0 Å². The number of aliphatic imine (C=N–C) groups is 1. The third kappa shape index (κ3) is 4.74. The first-order chi connectivity index (χ1) is 12.1. The Labute approximate surface area is 150 Å². The summed E-state index contributed by atoms with van der Waals surface area (Å²) in [5.41, 5.74) is 8.74. The highest BCUT2D eigenvalue weighted by atomic mass is 16.2. The summed E-state index contributed by atoms with van der Waals surface area (Å²) in [7, 11) is 0. The molecule has 3 rings (SSSR count). The second-order valence-electron chi connectivity index (χ2n) is 7.35. The lowest BCUT2D eigenvalue weighted by molar-refractivity contribution is -0.132. The standard InChI is InChI=1S/C20H30N4O/c1-16-8-12-23(13-9-16)20(21)22-11-4-7-19(25)24-14-10-17-5-2-3-6-18(17)15-24/h2-3,5-6,16H,4,7-15H2,1H3,(H2,21,22). The number of rotatable bonds is 4. The Balaban J connectivity index is 1.40. The maximum absolute atomic E-state index is 12.4. The van der Waals surface area contributed by atoms with Crippen molar-refractivity contribution in [1.29, 1.82) is 0 Å². The second-order valence-corrected chi connectivity index (χ2v) is 7.35. The van der Waals surface area contributed by atoms with Crippen molar-refractivity contribution in [2.75, 3.05) is 26.2 Å². The average Bonchev–Trinajstić information content (AvgIpc) is 2.65. The fourth-order valence-corrected chi connectivity index (χ4v) is 3.63. The van der Waals surface area contributed by atoms with Gasteiger partial charge < -0.3 is 15.5 Å². The van der Waals surface area contributed by atoms with Crippen LogP contribution < -0.4 is 5.73 Å². The third-order valence-electron chi connectivity index (χ3n) is 5.41. The van der Waals surface area contributed by atoms with Crippen molar-refractivity contribution in [3.05, 3.63) is 35.4 Å². The van der Waals surface area contributed by atoms with Crippen molar-refractivity contribution in [1.82, 2.24) is 9.80 Å². The van der Waals surface area contributed by atoms with E-state index in [4.69, 9.17) is 5.73 Å². The van der Waals surface area contributed by atoms with E-state index < -0.39 is 0 Å². The Morgan fingerprint density at radius 2 is 1.88 bits per heavy atom. The van der Waals surface area contributed by atoms with Crippen molar-refractivity contribution in [3.63, 3.8) is 0 Å². The summed E-state index contributed by atoms with van der Waals surface area (Å²) in [5, 5.41) is 0. The van der Waals surface area contributed by atoms with Crippen LogP contribution in [0.2, 0.25) is 0 Å². The molecule has 5 nitrogen and oxygen atoms in total. The molecule has 0 bridgehead atoms. The molecule has 0 aromatic heterocycles. The highest BCUT2D eigenvalue weighted by molar-refractivity contribution is 5.78. The summed E-state index contributed by atoms with van der Waals surface area (Å²) in [4.78, 5) is 21.0. The molecule has 136 valence electrons. The number of fused-ring (bicyclic) bond motifs is 1. The molecule has 0 unspecified atom stereocenters. The Hall–Kier alpha value is -2.04. The largest absolute Gasteiger partial charge is 0.370 e. The van der Waals surface area contributed by atoms with E-state index in [1.165, 1.54) is 24.0 Å². The molecular formula is C20H30N4O. The van der Waals surface area contributed by atoms with Gasteiger partial charge in [-0.05, 0) is 42.7 Å². The number of hydrogen-bond donors (Lipinski definition) is 1. The third-order valence-corrected chi connectivity index (χ3v) is 5.41. The number of amides is 1. The van der Waals surface area contributed by atoms with Gasteiger partial charge in [-0.1, -0.05) is 31.2 Å². The van der Waals surface area contributed by atoms with Gasteiger partial charge in [0.15, 0.2) is 5.96 Å². The van der Waals surface area contributed by atoms with Crippen molar-refractivity contribution in [2.45, 2.75) is 45.6 Å². The molecule has 2 heterocycles. The minimum absolute atomic E-state index is 0.232. The van der Waals surface area contributed by atoms with Gasteiger partial charge in [-0.3, -0.25) is 9.79 Å². The van der Waals surface area contributed by atoms with Crippen LogP contribution >= 0.6 is 0 Å². The maximum atomic E-state index is 12.4. The van der Waals surface area contributed by atoms with Crippen LogP contribution in [-0.2, 0) is 17.8 Å². The molecule has 1 aromatic rings. The van der Waals surface area contributed by atoms with Gasteiger partial charge in [-0.15, -0.1) is 0 Å². The normalized spacial score (nSPS) is 19.0. The van der Waals surface area contributed by atoms with E-state index in [-0.39, 0.29) is 5.91 Å². The van der Waals surface area contributed by atoms with Crippen LogP contribution in [0, 0.1) is 5.92 Å². The molecule has 1 saturated heterocycles. The molecule has 2 N–H and O–H groups in total. The topological polar surface area (TPSA) is 61.9 Å². The van der Waals surface area contributed by atoms with Gasteiger partial charge in [0.2, 0.25) is 5.91 Å². The fourth-order valence-electron chi connectivity index (χ4n) is 3.63. The van der Waals surface area contributed by atoms with Gasteiger partial charge in [0.25, 0.3) is 0 Å². The molecule has 5 heteroatoms. The molecule has 0 aliphatic carbocycles. The minimum atomic E-state index is 0.232. The van der Waals surface area contributed by atoms with Gasteiger partial charge in [0.05, 0.1) is 0 Å². The number of carbonyl (C=O) groups excluding carboxylic acids is 1. The molecule has 0 saturated carbocycles. The summed E-state index contributed by atoms with van der Waals surface area (Å²) >= 11 is 0. The second kappa shape index (κ2) is 8.37. The molecule has 0 atom stereocenters. The number of nitrogens with zero attached hydrogens (tertiary/aromatic N) is 3. The van der Waals surface area contributed by atoms with Gasteiger partial charge in [0.1, 0.15) is 0 Å². The molecule has 0 radical (unpaired) electrons. The number of hydrogen-bond acceptors (Lipinski definition) is 2. The highest BCUT2D eigenvalue weighted by Gasteiger charge is 2.20. The van der Waals surface area contributed by atoms with E-state index in [0.717, 1.165) is 44.9 Å². The van der Waals surface area contributed by atoms with Crippen LogP contribution in [0.15, 0.2) is 29.3 Å². The Morgan fingerprint density at radius 3 is 2.64 bits per heavy atom. The number of guanidine groups is 1. The summed E-state index contributed by atoms with van der Waals surface area (Å²) < 4.78 is 0. The number of benzene rings is 1. The van der Waals surface area contributed by atoms with Gasteiger partial charge >= 0.3 is 0 Å². The quantitative estimate of drug-likeness (QED) is 0.519. The molecular weight excluding hydrogens is 312 g/mol.